The summed E-state index contributed by atoms with van der Waals surface area (Å²) in [6, 6.07) is 6.08. The van der Waals surface area contributed by atoms with Gasteiger partial charge in [0.05, 0.1) is 17.8 Å². The first-order chi connectivity index (χ1) is 8.09. The quantitative estimate of drug-likeness (QED) is 0.877. The van der Waals surface area contributed by atoms with E-state index in [1.807, 2.05) is 0 Å². The molecule has 1 atom stereocenters. The van der Waals surface area contributed by atoms with Gasteiger partial charge in [-0.2, -0.15) is 0 Å². The number of aliphatic carboxylic acids is 1. The van der Waals surface area contributed by atoms with E-state index in [0.29, 0.717) is 5.69 Å². The van der Waals surface area contributed by atoms with Crippen molar-refractivity contribution in [2.45, 2.75) is 12.8 Å². The van der Waals surface area contributed by atoms with E-state index >= 15 is 0 Å². The number of carbonyl (C=O) groups is 1. The summed E-state index contributed by atoms with van der Waals surface area (Å²) < 4.78 is 14.7. The minimum Gasteiger partial charge on any atom is -0.481 e. The fraction of sp³-hybridized carbons (Fsp3) is 0.182. The van der Waals surface area contributed by atoms with Crippen molar-refractivity contribution in [3.05, 3.63) is 42.0 Å². The molecule has 0 radical (unpaired) electrons. The van der Waals surface area contributed by atoms with Crippen LogP contribution in [0.2, 0.25) is 0 Å². The molecule has 0 saturated carbocycles. The topological polar surface area (TPSA) is 68.0 Å². The lowest BCUT2D eigenvalue weighted by Gasteiger charge is -2.01. The zero-order chi connectivity index (χ0) is 12.4. The highest BCUT2D eigenvalue weighted by atomic mass is 19.1. The molecule has 1 aromatic carbocycles. The molecule has 0 bridgehead atoms. The predicted molar refractivity (Wildman–Crippen MR) is 57.4 cm³/mol. The Kier molecular flexibility index (Phi) is 2.86. The summed E-state index contributed by atoms with van der Waals surface area (Å²) in [6.45, 7) is 1.50. The van der Waals surface area contributed by atoms with Crippen LogP contribution in [0.25, 0.3) is 5.69 Å². The summed E-state index contributed by atoms with van der Waals surface area (Å²) in [6.07, 6.45) is 1.41. The van der Waals surface area contributed by atoms with Gasteiger partial charge in [0.1, 0.15) is 11.5 Å². The zero-order valence-electron chi connectivity index (χ0n) is 9.04. The van der Waals surface area contributed by atoms with Gasteiger partial charge in [-0.25, -0.2) is 9.07 Å². The molecule has 88 valence electrons. The Morgan fingerprint density at radius 2 is 2.18 bits per heavy atom. The molecule has 1 unspecified atom stereocenters. The molecule has 1 heterocycles. The van der Waals surface area contributed by atoms with Gasteiger partial charge in [-0.1, -0.05) is 17.3 Å². The number of carboxylic acids is 1. The van der Waals surface area contributed by atoms with Gasteiger partial charge in [-0.05, 0) is 19.1 Å². The normalized spacial score (nSPS) is 12.4. The van der Waals surface area contributed by atoms with E-state index in [1.54, 1.807) is 18.2 Å². The molecule has 0 spiro atoms. The third-order valence-corrected chi connectivity index (χ3v) is 2.42. The number of benzene rings is 1. The minimum atomic E-state index is -0.995. The lowest BCUT2D eigenvalue weighted by atomic mass is 10.1. The van der Waals surface area contributed by atoms with Crippen LogP contribution >= 0.6 is 0 Å². The Bertz CT molecular complexity index is 553. The molecule has 5 nitrogen and oxygen atoms in total. The standard InChI is InChI=1S/C11H10FN3O2/c1-7(11(16)17)9-6-15(14-13-9)10-5-3-2-4-8(10)12/h2-7H,1H3,(H,16,17). The van der Waals surface area contributed by atoms with E-state index in [2.05, 4.69) is 10.3 Å². The number of aromatic nitrogens is 3. The summed E-state index contributed by atoms with van der Waals surface area (Å²) in [5, 5.41) is 16.3. The minimum absolute atomic E-state index is 0.240. The van der Waals surface area contributed by atoms with Crippen molar-refractivity contribution in [1.82, 2.24) is 15.0 Å². The van der Waals surface area contributed by atoms with E-state index in [4.69, 9.17) is 5.11 Å². The summed E-state index contributed by atoms with van der Waals surface area (Å²) in [7, 11) is 0. The van der Waals surface area contributed by atoms with Gasteiger partial charge in [0.15, 0.2) is 0 Å². The van der Waals surface area contributed by atoms with Crippen LogP contribution in [-0.2, 0) is 4.79 Å². The van der Waals surface area contributed by atoms with Crippen molar-refractivity contribution in [3.63, 3.8) is 0 Å². The molecule has 1 N–H and O–H groups in total. The molecule has 0 aliphatic carbocycles. The van der Waals surface area contributed by atoms with Crippen molar-refractivity contribution in [2.24, 2.45) is 0 Å². The molecule has 0 fully saturated rings. The number of halogens is 1. The smallest absolute Gasteiger partial charge is 0.312 e. The van der Waals surface area contributed by atoms with Crippen molar-refractivity contribution >= 4 is 5.97 Å². The Balaban J connectivity index is 2.37. The second-order valence-corrected chi connectivity index (χ2v) is 3.60. The summed E-state index contributed by atoms with van der Waals surface area (Å²) in [5.41, 5.74) is 0.532. The zero-order valence-corrected chi connectivity index (χ0v) is 9.04. The summed E-state index contributed by atoms with van der Waals surface area (Å²) in [5.74, 6) is -2.20. The molecule has 2 rings (SSSR count). The lowest BCUT2D eigenvalue weighted by molar-refractivity contribution is -0.138. The fourth-order valence-electron chi connectivity index (χ4n) is 1.36. The first-order valence-corrected chi connectivity index (χ1v) is 4.99. The van der Waals surface area contributed by atoms with Gasteiger partial charge in [0.25, 0.3) is 0 Å². The van der Waals surface area contributed by atoms with Crippen LogP contribution < -0.4 is 0 Å². The average Bonchev–Trinajstić information content (AvgIpc) is 2.77. The Morgan fingerprint density at radius 3 is 2.82 bits per heavy atom. The van der Waals surface area contributed by atoms with E-state index in [0.717, 1.165) is 0 Å². The molecule has 0 aliphatic rings. The number of para-hydroxylation sites is 1. The maximum Gasteiger partial charge on any atom is 0.312 e. The Hall–Kier alpha value is -2.24. The fourth-order valence-corrected chi connectivity index (χ4v) is 1.36. The van der Waals surface area contributed by atoms with Gasteiger partial charge in [0, 0.05) is 0 Å². The SMILES string of the molecule is CC(C(=O)O)c1cn(-c2ccccc2F)nn1. The number of rotatable bonds is 3. The van der Waals surface area contributed by atoms with Crippen molar-refractivity contribution in [1.29, 1.82) is 0 Å². The number of carboxylic acid groups (broad SMARTS) is 1. The van der Waals surface area contributed by atoms with E-state index in [9.17, 15) is 9.18 Å². The van der Waals surface area contributed by atoms with Crippen LogP contribution in [0.1, 0.15) is 18.5 Å². The van der Waals surface area contributed by atoms with Crippen LogP contribution in [0, 0.1) is 5.82 Å². The van der Waals surface area contributed by atoms with E-state index in [1.165, 1.54) is 23.9 Å². The molecule has 0 amide bonds. The highest BCUT2D eigenvalue weighted by Crippen LogP contribution is 2.15. The van der Waals surface area contributed by atoms with Gasteiger partial charge in [-0.15, -0.1) is 5.10 Å². The average molecular weight is 235 g/mol. The van der Waals surface area contributed by atoms with Crippen LogP contribution in [0.3, 0.4) is 0 Å². The van der Waals surface area contributed by atoms with E-state index < -0.39 is 17.7 Å². The Labute approximate surface area is 96.5 Å². The van der Waals surface area contributed by atoms with Crippen LogP contribution in [0.4, 0.5) is 4.39 Å². The third kappa shape index (κ3) is 2.15. The third-order valence-electron chi connectivity index (χ3n) is 2.42. The molecule has 0 aliphatic heterocycles. The summed E-state index contributed by atoms with van der Waals surface area (Å²) >= 11 is 0. The molecule has 0 saturated heterocycles. The van der Waals surface area contributed by atoms with Crippen molar-refractivity contribution < 1.29 is 14.3 Å². The van der Waals surface area contributed by atoms with Crippen LogP contribution in [0.15, 0.2) is 30.5 Å². The molecular formula is C11H10FN3O2. The number of hydrogen-bond donors (Lipinski definition) is 1. The largest absolute Gasteiger partial charge is 0.481 e. The lowest BCUT2D eigenvalue weighted by Crippen LogP contribution is -2.07. The Morgan fingerprint density at radius 1 is 1.47 bits per heavy atom. The number of hydrogen-bond acceptors (Lipinski definition) is 3. The molecule has 6 heteroatoms. The van der Waals surface area contributed by atoms with Gasteiger partial charge in [0.2, 0.25) is 0 Å². The van der Waals surface area contributed by atoms with Crippen LogP contribution in [-0.4, -0.2) is 26.1 Å². The first-order valence-electron chi connectivity index (χ1n) is 4.99. The van der Waals surface area contributed by atoms with Crippen molar-refractivity contribution in [3.8, 4) is 5.69 Å². The van der Waals surface area contributed by atoms with E-state index in [-0.39, 0.29) is 5.69 Å². The van der Waals surface area contributed by atoms with Crippen molar-refractivity contribution in [2.75, 3.05) is 0 Å². The second kappa shape index (κ2) is 4.32. The highest BCUT2D eigenvalue weighted by Gasteiger charge is 2.18. The molecule has 1 aromatic heterocycles. The highest BCUT2D eigenvalue weighted by molar-refractivity contribution is 5.74. The first kappa shape index (κ1) is 11.3. The van der Waals surface area contributed by atoms with Crippen LogP contribution in [0.5, 0.6) is 0 Å². The molecule has 2 aromatic rings. The van der Waals surface area contributed by atoms with Gasteiger partial charge < -0.3 is 5.11 Å². The monoisotopic (exact) mass is 235 g/mol. The summed E-state index contributed by atoms with van der Waals surface area (Å²) in [4.78, 5) is 10.8. The number of nitrogens with zero attached hydrogens (tertiary/aromatic N) is 3. The predicted octanol–water partition coefficient (Wildman–Crippen LogP) is 1.59. The van der Waals surface area contributed by atoms with Gasteiger partial charge >= 0.3 is 5.97 Å². The molecule has 17 heavy (non-hydrogen) atoms. The maximum atomic E-state index is 13.4. The second-order valence-electron chi connectivity index (χ2n) is 3.60. The molecular weight excluding hydrogens is 225 g/mol. The maximum absolute atomic E-state index is 13.4. The van der Waals surface area contributed by atoms with Gasteiger partial charge in [-0.3, -0.25) is 4.79 Å².